The van der Waals surface area contributed by atoms with Crippen molar-refractivity contribution in [2.24, 2.45) is 5.73 Å². The summed E-state index contributed by atoms with van der Waals surface area (Å²) in [6, 6.07) is 13.3. The lowest BCUT2D eigenvalue weighted by Crippen LogP contribution is -2.13. The van der Waals surface area contributed by atoms with Gasteiger partial charge in [0.1, 0.15) is 18.2 Å². The molecule has 2 aromatic carbocycles. The lowest BCUT2D eigenvalue weighted by atomic mass is 10.2. The Morgan fingerprint density at radius 2 is 1.89 bits per heavy atom. The van der Waals surface area contributed by atoms with E-state index in [4.69, 9.17) is 27.5 Å². The van der Waals surface area contributed by atoms with Crippen LogP contribution in [0.3, 0.4) is 0 Å². The van der Waals surface area contributed by atoms with Crippen LogP contribution in [0.2, 0.25) is 5.02 Å². The molecule has 0 saturated carbocycles. The minimum absolute atomic E-state index is 0.0942. The van der Waals surface area contributed by atoms with Crippen molar-refractivity contribution in [2.45, 2.75) is 6.61 Å². The van der Waals surface area contributed by atoms with Crippen molar-refractivity contribution in [3.8, 4) is 5.75 Å². The molecular weight excluding hydrogens is 375 g/mol. The van der Waals surface area contributed by atoms with Crippen LogP contribution in [0.15, 0.2) is 42.5 Å². The Morgan fingerprint density at radius 1 is 1.21 bits per heavy atom. The van der Waals surface area contributed by atoms with E-state index in [-0.39, 0.29) is 5.84 Å². The van der Waals surface area contributed by atoms with Gasteiger partial charge in [0.15, 0.2) is 0 Å². The minimum atomic E-state index is -0.0942. The smallest absolute Gasteiger partial charge is 0.132 e. The van der Waals surface area contributed by atoms with Gasteiger partial charge in [0.05, 0.1) is 10.6 Å². The third-order valence-electron chi connectivity index (χ3n) is 2.55. The fourth-order valence-electron chi connectivity index (χ4n) is 1.63. The highest BCUT2D eigenvalue weighted by atomic mass is 127. The van der Waals surface area contributed by atoms with Crippen LogP contribution in [0.1, 0.15) is 11.1 Å². The summed E-state index contributed by atoms with van der Waals surface area (Å²) in [5.41, 5.74) is 7.01. The van der Waals surface area contributed by atoms with E-state index in [2.05, 4.69) is 22.6 Å². The van der Waals surface area contributed by atoms with Crippen LogP contribution < -0.4 is 10.5 Å². The van der Waals surface area contributed by atoms with E-state index in [0.717, 1.165) is 5.56 Å². The van der Waals surface area contributed by atoms with Crippen molar-refractivity contribution in [3.63, 3.8) is 0 Å². The fraction of sp³-hybridized carbons (Fsp3) is 0.0714. The minimum Gasteiger partial charge on any atom is -0.488 e. The number of amidine groups is 1. The number of rotatable bonds is 4. The maximum absolute atomic E-state index is 7.54. The van der Waals surface area contributed by atoms with Crippen LogP contribution in [-0.2, 0) is 6.61 Å². The van der Waals surface area contributed by atoms with Gasteiger partial charge in [-0.15, -0.1) is 0 Å². The summed E-state index contributed by atoms with van der Waals surface area (Å²) in [7, 11) is 0. The summed E-state index contributed by atoms with van der Waals surface area (Å²) in [5, 5.41) is 7.96. The van der Waals surface area contributed by atoms with E-state index in [0.29, 0.717) is 22.9 Å². The van der Waals surface area contributed by atoms with Crippen LogP contribution in [0.4, 0.5) is 0 Å². The zero-order valence-corrected chi connectivity index (χ0v) is 12.9. The average molecular weight is 387 g/mol. The monoisotopic (exact) mass is 386 g/mol. The van der Waals surface area contributed by atoms with E-state index in [1.165, 1.54) is 3.57 Å². The third-order valence-corrected chi connectivity index (χ3v) is 3.59. The van der Waals surface area contributed by atoms with Crippen LogP contribution in [0, 0.1) is 8.98 Å². The number of nitrogens with one attached hydrogen (secondary N) is 1. The molecule has 0 bridgehead atoms. The summed E-state index contributed by atoms with van der Waals surface area (Å²) in [6.45, 7) is 0.414. The molecule has 0 aliphatic carbocycles. The number of benzene rings is 2. The van der Waals surface area contributed by atoms with Crippen molar-refractivity contribution in [3.05, 3.63) is 62.2 Å². The molecule has 0 saturated heterocycles. The molecule has 0 spiro atoms. The van der Waals surface area contributed by atoms with Gasteiger partial charge >= 0.3 is 0 Å². The van der Waals surface area contributed by atoms with Gasteiger partial charge in [-0.25, -0.2) is 0 Å². The lowest BCUT2D eigenvalue weighted by Gasteiger charge is -2.12. The molecule has 0 aromatic heterocycles. The molecule has 0 unspecified atom stereocenters. The fourth-order valence-corrected chi connectivity index (χ4v) is 2.25. The molecule has 0 atom stereocenters. The van der Waals surface area contributed by atoms with E-state index < -0.39 is 0 Å². The predicted octanol–water partition coefficient (Wildman–Crippen LogP) is 3.81. The Kier molecular flexibility index (Phi) is 4.66. The molecule has 0 aliphatic rings. The van der Waals surface area contributed by atoms with Crippen LogP contribution in [0.25, 0.3) is 0 Å². The lowest BCUT2D eigenvalue weighted by molar-refractivity contribution is 0.305. The normalized spacial score (nSPS) is 10.2. The van der Waals surface area contributed by atoms with Gasteiger partial charge in [-0.1, -0.05) is 29.8 Å². The van der Waals surface area contributed by atoms with Crippen LogP contribution >= 0.6 is 34.2 Å². The number of ether oxygens (including phenoxy) is 1. The summed E-state index contributed by atoms with van der Waals surface area (Å²) < 4.78 is 6.87. The Bertz CT molecular complexity index is 599. The number of hydrogen-bond acceptors (Lipinski definition) is 2. The summed E-state index contributed by atoms with van der Waals surface area (Å²) >= 11 is 8.28. The van der Waals surface area contributed by atoms with Crippen molar-refractivity contribution < 1.29 is 4.74 Å². The number of halogens is 2. The second-order valence-electron chi connectivity index (χ2n) is 3.94. The summed E-state index contributed by atoms with van der Waals surface area (Å²) in [5.74, 6) is 0.432. The molecule has 2 aromatic rings. The zero-order chi connectivity index (χ0) is 13.8. The molecule has 98 valence electrons. The van der Waals surface area contributed by atoms with Crippen LogP contribution in [0.5, 0.6) is 5.75 Å². The van der Waals surface area contributed by atoms with E-state index in [1.807, 2.05) is 24.3 Å². The highest BCUT2D eigenvalue weighted by Gasteiger charge is 2.11. The molecular formula is C14H12ClIN2O. The average Bonchev–Trinajstić information content (AvgIpc) is 2.37. The standard InChI is InChI=1S/C14H12ClIN2O/c15-11-2-1-3-12(13(11)14(17)18)19-8-9-4-6-10(16)7-5-9/h1-7H,8H2,(H3,17,18). The molecule has 0 radical (unpaired) electrons. The maximum Gasteiger partial charge on any atom is 0.132 e. The first-order valence-corrected chi connectivity index (χ1v) is 7.04. The van der Waals surface area contributed by atoms with Gasteiger partial charge in [0.2, 0.25) is 0 Å². The molecule has 3 N–H and O–H groups in total. The molecule has 0 aliphatic heterocycles. The Balaban J connectivity index is 2.18. The number of nitrogens with two attached hydrogens (primary N) is 1. The molecule has 2 rings (SSSR count). The van der Waals surface area contributed by atoms with Gasteiger partial charge in [-0.05, 0) is 52.4 Å². The highest BCUT2D eigenvalue weighted by molar-refractivity contribution is 14.1. The molecule has 0 heterocycles. The molecule has 0 amide bonds. The first-order valence-electron chi connectivity index (χ1n) is 5.58. The molecule has 5 heteroatoms. The summed E-state index contributed by atoms with van der Waals surface area (Å²) in [6.07, 6.45) is 0. The van der Waals surface area contributed by atoms with E-state index in [1.54, 1.807) is 18.2 Å². The predicted molar refractivity (Wildman–Crippen MR) is 86.0 cm³/mol. The second kappa shape index (κ2) is 6.25. The second-order valence-corrected chi connectivity index (χ2v) is 5.59. The first kappa shape index (κ1) is 14.1. The van der Waals surface area contributed by atoms with Crippen molar-refractivity contribution in [1.82, 2.24) is 0 Å². The molecule has 0 fully saturated rings. The first-order chi connectivity index (χ1) is 9.08. The quantitative estimate of drug-likeness (QED) is 0.477. The number of hydrogen-bond donors (Lipinski definition) is 2. The molecule has 3 nitrogen and oxygen atoms in total. The SMILES string of the molecule is N=C(N)c1c(Cl)cccc1OCc1ccc(I)cc1. The largest absolute Gasteiger partial charge is 0.488 e. The maximum atomic E-state index is 7.54. The van der Waals surface area contributed by atoms with E-state index >= 15 is 0 Å². The Labute approximate surface area is 130 Å². The van der Waals surface area contributed by atoms with Crippen molar-refractivity contribution in [1.29, 1.82) is 5.41 Å². The van der Waals surface area contributed by atoms with Gasteiger partial charge < -0.3 is 10.5 Å². The Hall–Kier alpha value is -1.27. The Morgan fingerprint density at radius 3 is 2.53 bits per heavy atom. The van der Waals surface area contributed by atoms with Crippen molar-refractivity contribution >= 4 is 40.0 Å². The van der Waals surface area contributed by atoms with Gasteiger partial charge in [-0.2, -0.15) is 0 Å². The number of nitrogen functional groups attached to an aromatic ring is 1. The van der Waals surface area contributed by atoms with Gasteiger partial charge in [0.25, 0.3) is 0 Å². The van der Waals surface area contributed by atoms with E-state index in [9.17, 15) is 0 Å². The molecule has 19 heavy (non-hydrogen) atoms. The van der Waals surface area contributed by atoms with Gasteiger partial charge in [0, 0.05) is 3.57 Å². The van der Waals surface area contributed by atoms with Gasteiger partial charge in [-0.3, -0.25) is 5.41 Å². The topological polar surface area (TPSA) is 59.1 Å². The zero-order valence-electron chi connectivity index (χ0n) is 9.99. The van der Waals surface area contributed by atoms with Crippen molar-refractivity contribution in [2.75, 3.05) is 0 Å². The van der Waals surface area contributed by atoms with Crippen LogP contribution in [-0.4, -0.2) is 5.84 Å². The third kappa shape index (κ3) is 3.61. The highest BCUT2D eigenvalue weighted by Crippen LogP contribution is 2.26. The summed E-state index contributed by atoms with van der Waals surface area (Å²) in [4.78, 5) is 0.